The second-order valence-electron chi connectivity index (χ2n) is 1.49. The average Bonchev–Trinajstić information content (AvgIpc) is 2.34. The van der Waals surface area contributed by atoms with Gasteiger partial charge in [0.25, 0.3) is 0 Å². The molecule has 0 aromatic carbocycles. The predicted molar refractivity (Wildman–Crippen MR) is 36.9 cm³/mol. The van der Waals surface area contributed by atoms with Gasteiger partial charge in [-0.15, -0.1) is 11.3 Å². The minimum atomic E-state index is -1.04. The molecule has 1 heterocycles. The first-order valence-corrected chi connectivity index (χ1v) is 3.27. The maximum absolute atomic E-state index is 10.2. The highest BCUT2D eigenvalue weighted by Crippen LogP contribution is 2.12. The van der Waals surface area contributed by atoms with Gasteiger partial charge in [-0.2, -0.15) is 0 Å². The van der Waals surface area contributed by atoms with Crippen LogP contribution in [0.15, 0.2) is 5.38 Å². The minimum Gasteiger partial charge on any atom is -0.476 e. The second-order valence-corrected chi connectivity index (χ2v) is 2.35. The van der Waals surface area contributed by atoms with Crippen molar-refractivity contribution in [3.8, 4) is 0 Å². The average molecular weight is 159 g/mol. The molecule has 0 aliphatic heterocycles. The van der Waals surface area contributed by atoms with E-state index in [2.05, 4.69) is 10.4 Å². The molecule has 0 saturated carbocycles. The van der Waals surface area contributed by atoms with Crippen LogP contribution in [0.3, 0.4) is 0 Å². The Labute approximate surface area is 60.5 Å². The number of rotatable bonds is 2. The Morgan fingerprint density at radius 3 is 2.90 bits per heavy atom. The molecule has 6 heteroatoms. The molecule has 1 rings (SSSR count). The third kappa shape index (κ3) is 1.23. The third-order valence-corrected chi connectivity index (χ3v) is 1.62. The van der Waals surface area contributed by atoms with Crippen molar-refractivity contribution in [3.05, 3.63) is 11.1 Å². The van der Waals surface area contributed by atoms with E-state index in [1.165, 1.54) is 5.38 Å². The van der Waals surface area contributed by atoms with Gasteiger partial charge in [-0.1, -0.05) is 0 Å². The van der Waals surface area contributed by atoms with Crippen LogP contribution in [-0.4, -0.2) is 16.1 Å². The highest BCUT2D eigenvalue weighted by atomic mass is 32.1. The van der Waals surface area contributed by atoms with Gasteiger partial charge in [0.1, 0.15) is 0 Å². The highest BCUT2D eigenvalue weighted by Gasteiger charge is 2.06. The Morgan fingerprint density at radius 1 is 1.90 bits per heavy atom. The van der Waals surface area contributed by atoms with E-state index in [9.17, 15) is 4.79 Å². The van der Waals surface area contributed by atoms with E-state index in [-0.39, 0.29) is 5.69 Å². The van der Waals surface area contributed by atoms with Crippen LogP contribution in [0.25, 0.3) is 0 Å². The molecule has 0 aliphatic rings. The molecule has 0 bridgehead atoms. The Balaban J connectivity index is 2.88. The van der Waals surface area contributed by atoms with E-state index in [0.717, 1.165) is 11.3 Å². The highest BCUT2D eigenvalue weighted by molar-refractivity contribution is 7.13. The molecule has 5 nitrogen and oxygen atoms in total. The van der Waals surface area contributed by atoms with Crippen molar-refractivity contribution in [2.45, 2.75) is 0 Å². The smallest absolute Gasteiger partial charge is 0.355 e. The normalized spacial score (nSPS) is 9.30. The van der Waals surface area contributed by atoms with E-state index in [4.69, 9.17) is 10.9 Å². The summed E-state index contributed by atoms with van der Waals surface area (Å²) in [7, 11) is 0. The Bertz CT molecular complexity index is 246. The van der Waals surface area contributed by atoms with Crippen molar-refractivity contribution >= 4 is 22.4 Å². The number of thiazole rings is 1. The molecule has 1 aromatic heterocycles. The van der Waals surface area contributed by atoms with Crippen LogP contribution in [0, 0.1) is 0 Å². The fraction of sp³-hybridized carbons (Fsp3) is 0. The quantitative estimate of drug-likeness (QED) is 0.421. The molecule has 1 aromatic rings. The zero-order chi connectivity index (χ0) is 7.56. The molecule has 10 heavy (non-hydrogen) atoms. The van der Waals surface area contributed by atoms with Crippen LogP contribution >= 0.6 is 11.3 Å². The van der Waals surface area contributed by atoms with Crippen LogP contribution in [0.4, 0.5) is 5.13 Å². The monoisotopic (exact) mass is 159 g/mol. The number of nitrogen functional groups attached to an aromatic ring is 1. The van der Waals surface area contributed by atoms with E-state index in [1.807, 2.05) is 0 Å². The molecule has 0 spiro atoms. The van der Waals surface area contributed by atoms with Crippen LogP contribution < -0.4 is 11.3 Å². The van der Waals surface area contributed by atoms with Crippen molar-refractivity contribution in [1.29, 1.82) is 0 Å². The number of aromatic carboxylic acids is 1. The van der Waals surface area contributed by atoms with Crippen molar-refractivity contribution in [1.82, 2.24) is 4.98 Å². The standard InChI is InChI=1S/C4H5N3O2S/c5-7-4-6-2(1-10-4)3(8)9/h1H,5H2,(H,6,7)(H,8,9). The number of carboxylic acids is 1. The second kappa shape index (κ2) is 2.63. The minimum absolute atomic E-state index is 0.0120. The Hall–Kier alpha value is -1.14. The SMILES string of the molecule is NNc1nc(C(=O)O)cs1. The summed E-state index contributed by atoms with van der Waals surface area (Å²) >= 11 is 1.15. The lowest BCUT2D eigenvalue weighted by atomic mass is 10.5. The number of hydrogen-bond donors (Lipinski definition) is 3. The summed E-state index contributed by atoms with van der Waals surface area (Å²) in [4.78, 5) is 13.8. The summed E-state index contributed by atoms with van der Waals surface area (Å²) in [6, 6.07) is 0. The predicted octanol–water partition coefficient (Wildman–Crippen LogP) is 0.127. The van der Waals surface area contributed by atoms with Crippen molar-refractivity contribution in [2.75, 3.05) is 5.43 Å². The molecule has 4 N–H and O–H groups in total. The number of hydrazine groups is 1. The van der Waals surface area contributed by atoms with E-state index < -0.39 is 5.97 Å². The van der Waals surface area contributed by atoms with E-state index in [0.29, 0.717) is 5.13 Å². The van der Waals surface area contributed by atoms with Gasteiger partial charge in [-0.05, 0) is 0 Å². The lowest BCUT2D eigenvalue weighted by Gasteiger charge is -1.86. The first-order chi connectivity index (χ1) is 4.74. The summed E-state index contributed by atoms with van der Waals surface area (Å²) in [5.74, 6) is 3.92. The lowest BCUT2D eigenvalue weighted by Crippen LogP contribution is -2.06. The Kier molecular flexibility index (Phi) is 1.83. The summed E-state index contributed by atoms with van der Waals surface area (Å²) in [5, 5.41) is 10.2. The topological polar surface area (TPSA) is 88.2 Å². The third-order valence-electron chi connectivity index (χ3n) is 0.847. The van der Waals surface area contributed by atoms with Gasteiger partial charge >= 0.3 is 5.97 Å². The molecule has 0 radical (unpaired) electrons. The fourth-order valence-electron chi connectivity index (χ4n) is 0.438. The fourth-order valence-corrected chi connectivity index (χ4v) is 1.03. The van der Waals surface area contributed by atoms with Gasteiger partial charge in [0.15, 0.2) is 10.8 Å². The van der Waals surface area contributed by atoms with Crippen molar-refractivity contribution in [3.63, 3.8) is 0 Å². The maximum atomic E-state index is 10.2. The number of aromatic nitrogens is 1. The molecular weight excluding hydrogens is 154 g/mol. The number of anilines is 1. The zero-order valence-electron chi connectivity index (χ0n) is 4.87. The summed E-state index contributed by atoms with van der Waals surface area (Å²) in [5.41, 5.74) is 2.26. The van der Waals surface area contributed by atoms with Gasteiger partial charge in [0.05, 0.1) is 0 Å². The van der Waals surface area contributed by atoms with Gasteiger partial charge < -0.3 is 5.11 Å². The van der Waals surface area contributed by atoms with Gasteiger partial charge in [-0.3, -0.25) is 5.43 Å². The van der Waals surface area contributed by atoms with Crippen LogP contribution in [0.5, 0.6) is 0 Å². The molecule has 0 atom stereocenters. The first-order valence-electron chi connectivity index (χ1n) is 2.39. The number of carbonyl (C=O) groups is 1. The number of nitrogens with two attached hydrogens (primary N) is 1. The molecule has 0 amide bonds. The number of nitrogens with zero attached hydrogens (tertiary/aromatic N) is 1. The van der Waals surface area contributed by atoms with Crippen molar-refractivity contribution < 1.29 is 9.90 Å². The number of carboxylic acid groups (broad SMARTS) is 1. The van der Waals surface area contributed by atoms with Gasteiger partial charge in [-0.25, -0.2) is 15.6 Å². The summed E-state index contributed by atoms with van der Waals surface area (Å²) < 4.78 is 0. The van der Waals surface area contributed by atoms with Gasteiger partial charge in [0, 0.05) is 5.38 Å². The molecule has 0 saturated heterocycles. The van der Waals surface area contributed by atoms with E-state index >= 15 is 0 Å². The molecule has 0 fully saturated rings. The molecule has 0 unspecified atom stereocenters. The molecule has 0 aliphatic carbocycles. The first kappa shape index (κ1) is 6.97. The van der Waals surface area contributed by atoms with Crippen molar-refractivity contribution in [2.24, 2.45) is 5.84 Å². The summed E-state index contributed by atoms with van der Waals surface area (Å²) in [6.07, 6.45) is 0. The van der Waals surface area contributed by atoms with Gasteiger partial charge in [0.2, 0.25) is 0 Å². The lowest BCUT2D eigenvalue weighted by molar-refractivity contribution is 0.0691. The van der Waals surface area contributed by atoms with Crippen LogP contribution in [0.1, 0.15) is 10.5 Å². The van der Waals surface area contributed by atoms with Crippen LogP contribution in [-0.2, 0) is 0 Å². The van der Waals surface area contributed by atoms with Crippen LogP contribution in [0.2, 0.25) is 0 Å². The number of hydrogen-bond acceptors (Lipinski definition) is 5. The molecular formula is C4H5N3O2S. The maximum Gasteiger partial charge on any atom is 0.355 e. The Morgan fingerprint density at radius 2 is 2.60 bits per heavy atom. The summed E-state index contributed by atoms with van der Waals surface area (Å²) in [6.45, 7) is 0. The zero-order valence-corrected chi connectivity index (χ0v) is 5.68. The largest absolute Gasteiger partial charge is 0.476 e. The number of nitrogens with one attached hydrogen (secondary N) is 1. The molecule has 54 valence electrons. The van der Waals surface area contributed by atoms with E-state index in [1.54, 1.807) is 0 Å².